The third-order valence-corrected chi connectivity index (χ3v) is 8.52. The van der Waals surface area contributed by atoms with E-state index in [0.29, 0.717) is 10.9 Å². The highest BCUT2D eigenvalue weighted by atomic mass is 35.5. The van der Waals surface area contributed by atoms with Crippen molar-refractivity contribution in [2.24, 2.45) is 0 Å². The second-order valence-electron chi connectivity index (χ2n) is 7.48. The van der Waals surface area contributed by atoms with Gasteiger partial charge in [-0.3, -0.25) is 9.69 Å². The minimum Gasteiger partial charge on any atom is -0.479 e. The molecule has 2 aromatic rings. The predicted molar refractivity (Wildman–Crippen MR) is 123 cm³/mol. The van der Waals surface area contributed by atoms with Crippen LogP contribution in [0.2, 0.25) is 4.34 Å². The molecule has 8 nitrogen and oxygen atoms in total. The summed E-state index contributed by atoms with van der Waals surface area (Å²) >= 11 is 6.88. The molecule has 2 aliphatic heterocycles. The zero-order chi connectivity index (χ0) is 21.8. The number of benzene rings is 1. The molecule has 1 amide bonds. The Morgan fingerprint density at radius 1 is 1.13 bits per heavy atom. The van der Waals surface area contributed by atoms with Gasteiger partial charge in [-0.15, -0.1) is 11.3 Å². The fraction of sp³-hybridized carbons (Fsp3) is 0.450. The number of carbonyl (C=O) groups is 1. The van der Waals surface area contributed by atoms with Crippen molar-refractivity contribution in [3.63, 3.8) is 0 Å². The van der Waals surface area contributed by atoms with Gasteiger partial charge in [-0.1, -0.05) is 17.7 Å². The quantitative estimate of drug-likeness (QED) is 0.560. The van der Waals surface area contributed by atoms with E-state index in [4.69, 9.17) is 16.3 Å². The van der Waals surface area contributed by atoms with Gasteiger partial charge in [0.1, 0.15) is 4.21 Å². The summed E-state index contributed by atoms with van der Waals surface area (Å²) in [4.78, 5) is 16.2. The Hall–Kier alpha value is -1.85. The van der Waals surface area contributed by atoms with Crippen molar-refractivity contribution in [3.8, 4) is 5.75 Å². The van der Waals surface area contributed by atoms with Gasteiger partial charge in [-0.05, 0) is 43.7 Å². The van der Waals surface area contributed by atoms with Gasteiger partial charge in [-0.2, -0.15) is 0 Å². The van der Waals surface area contributed by atoms with E-state index in [1.807, 2.05) is 18.2 Å². The smallest absolute Gasteiger partial charge is 0.262 e. The van der Waals surface area contributed by atoms with Crippen LogP contribution in [0.1, 0.15) is 12.8 Å². The average molecular weight is 485 g/mol. The molecule has 1 saturated heterocycles. The second-order valence-corrected chi connectivity index (χ2v) is 11.2. The van der Waals surface area contributed by atoms with E-state index in [0.717, 1.165) is 74.0 Å². The number of piperazine rings is 1. The molecule has 3 heterocycles. The fourth-order valence-corrected chi connectivity index (χ4v) is 6.34. The highest BCUT2D eigenvalue weighted by Gasteiger charge is 2.24. The van der Waals surface area contributed by atoms with Crippen molar-refractivity contribution in [1.82, 2.24) is 9.62 Å². The minimum absolute atomic E-state index is 0.0489. The molecule has 2 aliphatic rings. The molecule has 0 aliphatic carbocycles. The van der Waals surface area contributed by atoms with Crippen molar-refractivity contribution in [2.75, 3.05) is 56.1 Å². The number of rotatable bonds is 8. The number of sulfonamides is 1. The Bertz CT molecular complexity index is 1040. The molecule has 1 fully saturated rings. The Labute approximate surface area is 191 Å². The summed E-state index contributed by atoms with van der Waals surface area (Å²) in [6, 6.07) is 8.93. The van der Waals surface area contributed by atoms with Crippen molar-refractivity contribution < 1.29 is 17.9 Å². The van der Waals surface area contributed by atoms with Gasteiger partial charge in [0, 0.05) is 32.7 Å². The van der Waals surface area contributed by atoms with Gasteiger partial charge in [0.25, 0.3) is 5.91 Å². The molecular weight excluding hydrogens is 460 g/mol. The minimum atomic E-state index is -3.47. The summed E-state index contributed by atoms with van der Waals surface area (Å²) in [7, 11) is -3.47. The lowest BCUT2D eigenvalue weighted by Gasteiger charge is -2.37. The highest BCUT2D eigenvalue weighted by molar-refractivity contribution is 7.91. The van der Waals surface area contributed by atoms with Crippen LogP contribution >= 0.6 is 22.9 Å². The average Bonchev–Trinajstić information content (AvgIpc) is 3.21. The Kier molecular flexibility index (Phi) is 7.02. The molecule has 0 saturated carbocycles. The van der Waals surface area contributed by atoms with Crippen molar-refractivity contribution in [2.45, 2.75) is 17.1 Å². The second kappa shape index (κ2) is 9.74. The van der Waals surface area contributed by atoms with Gasteiger partial charge in [0.15, 0.2) is 12.4 Å². The standard InChI is InChI=1S/C20H25ClN4O4S2/c21-17-6-7-19(30-17)31(27,28)22-8-1-2-9-24-10-12-25(13-11-24)16-5-3-4-15-20(16)29-14-18(26)23-15/h3-7,22H,1-2,8-14H2,(H,23,26). The molecule has 0 radical (unpaired) electrons. The van der Waals surface area contributed by atoms with Gasteiger partial charge in [0.05, 0.1) is 15.7 Å². The molecule has 4 rings (SSSR count). The molecule has 0 bridgehead atoms. The molecule has 31 heavy (non-hydrogen) atoms. The molecule has 0 atom stereocenters. The monoisotopic (exact) mass is 484 g/mol. The Morgan fingerprint density at radius 2 is 1.94 bits per heavy atom. The number of halogens is 1. The number of hydrogen-bond donors (Lipinski definition) is 2. The van der Waals surface area contributed by atoms with Gasteiger partial charge in [0.2, 0.25) is 10.0 Å². The summed E-state index contributed by atoms with van der Waals surface area (Å²) in [5.74, 6) is 0.616. The SMILES string of the molecule is O=C1COc2c(cccc2N2CCN(CCCCNS(=O)(=O)c3ccc(Cl)s3)CC2)N1. The molecule has 2 N–H and O–H groups in total. The molecule has 168 valence electrons. The Balaban J connectivity index is 1.19. The Morgan fingerprint density at radius 3 is 2.68 bits per heavy atom. The molecule has 0 spiro atoms. The lowest BCUT2D eigenvalue weighted by molar-refractivity contribution is -0.118. The molecule has 0 unspecified atom stereocenters. The largest absolute Gasteiger partial charge is 0.479 e. The number of ether oxygens (including phenoxy) is 1. The number of unbranched alkanes of at least 4 members (excludes halogenated alkanes) is 1. The van der Waals surface area contributed by atoms with Crippen molar-refractivity contribution in [3.05, 3.63) is 34.7 Å². The summed E-state index contributed by atoms with van der Waals surface area (Å²) in [5, 5.41) is 2.85. The molecule has 11 heteroatoms. The first-order valence-electron chi connectivity index (χ1n) is 10.2. The lowest BCUT2D eigenvalue weighted by Crippen LogP contribution is -2.47. The van der Waals surface area contributed by atoms with Crippen molar-refractivity contribution >= 4 is 50.2 Å². The third kappa shape index (κ3) is 5.50. The number of anilines is 2. The van der Waals surface area contributed by atoms with Crippen LogP contribution in [0.3, 0.4) is 0 Å². The first-order valence-corrected chi connectivity index (χ1v) is 12.9. The molecular formula is C20H25ClN4O4S2. The maximum atomic E-state index is 12.2. The van der Waals surface area contributed by atoms with Gasteiger partial charge < -0.3 is 15.0 Å². The first-order chi connectivity index (χ1) is 14.9. The van der Waals surface area contributed by atoms with Crippen LogP contribution in [0.15, 0.2) is 34.5 Å². The van der Waals surface area contributed by atoms with Crippen LogP contribution < -0.4 is 19.7 Å². The number of fused-ring (bicyclic) bond motifs is 1. The number of carbonyl (C=O) groups excluding carboxylic acids is 1. The number of hydrogen-bond acceptors (Lipinski definition) is 7. The number of nitrogens with zero attached hydrogens (tertiary/aromatic N) is 2. The zero-order valence-corrected chi connectivity index (χ0v) is 19.4. The first kappa shape index (κ1) is 22.3. The molecule has 1 aromatic carbocycles. The van der Waals surface area contributed by atoms with Crippen LogP contribution in [0, 0.1) is 0 Å². The van der Waals surface area contributed by atoms with E-state index in [9.17, 15) is 13.2 Å². The van der Waals surface area contributed by atoms with Crippen LogP contribution in [-0.2, 0) is 14.8 Å². The highest BCUT2D eigenvalue weighted by Crippen LogP contribution is 2.38. The van der Waals surface area contributed by atoms with Crippen LogP contribution in [-0.4, -0.2) is 65.1 Å². The van der Waals surface area contributed by atoms with E-state index in [-0.39, 0.29) is 16.7 Å². The van der Waals surface area contributed by atoms with E-state index < -0.39 is 10.0 Å². The van der Waals surface area contributed by atoms with Gasteiger partial charge in [-0.25, -0.2) is 13.1 Å². The van der Waals surface area contributed by atoms with Gasteiger partial charge >= 0.3 is 0 Å². The number of nitrogens with one attached hydrogen (secondary N) is 2. The summed E-state index contributed by atoms with van der Waals surface area (Å²) in [5.41, 5.74) is 1.74. The number of thiophene rings is 1. The summed E-state index contributed by atoms with van der Waals surface area (Å²) in [6.45, 7) is 4.99. The van der Waals surface area contributed by atoms with Crippen molar-refractivity contribution in [1.29, 1.82) is 0 Å². The number of amides is 1. The fourth-order valence-electron chi connectivity index (χ4n) is 3.74. The molecule has 1 aromatic heterocycles. The third-order valence-electron chi connectivity index (χ3n) is 5.34. The predicted octanol–water partition coefficient (Wildman–Crippen LogP) is 2.61. The maximum absolute atomic E-state index is 12.2. The van der Waals surface area contributed by atoms with E-state index in [1.54, 1.807) is 6.07 Å². The normalized spacial score (nSPS) is 17.2. The van der Waals surface area contributed by atoms with Crippen LogP contribution in [0.25, 0.3) is 0 Å². The lowest BCUT2D eigenvalue weighted by atomic mass is 10.2. The van der Waals surface area contributed by atoms with Crippen LogP contribution in [0.4, 0.5) is 11.4 Å². The zero-order valence-electron chi connectivity index (χ0n) is 17.0. The van der Waals surface area contributed by atoms with E-state index in [2.05, 4.69) is 19.8 Å². The van der Waals surface area contributed by atoms with Crippen LogP contribution in [0.5, 0.6) is 5.75 Å². The van der Waals surface area contributed by atoms with E-state index >= 15 is 0 Å². The maximum Gasteiger partial charge on any atom is 0.262 e. The topological polar surface area (TPSA) is 91.0 Å². The number of para-hydroxylation sites is 1. The van der Waals surface area contributed by atoms with E-state index in [1.165, 1.54) is 6.07 Å². The summed E-state index contributed by atoms with van der Waals surface area (Å²) in [6.07, 6.45) is 1.70. The summed E-state index contributed by atoms with van der Waals surface area (Å²) < 4.78 is 33.4.